The van der Waals surface area contributed by atoms with E-state index in [9.17, 15) is 9.59 Å². The summed E-state index contributed by atoms with van der Waals surface area (Å²) in [6.45, 7) is 1.62. The van der Waals surface area contributed by atoms with Crippen molar-refractivity contribution in [1.82, 2.24) is 15.3 Å². The predicted molar refractivity (Wildman–Crippen MR) is 119 cm³/mol. The number of amides is 2. The number of nitrogens with zero attached hydrogens (tertiary/aromatic N) is 2. The fraction of sp³-hybridized carbons (Fsp3) is 0.318. The smallest absolute Gasteiger partial charge is 0.268 e. The first-order valence-corrected chi connectivity index (χ1v) is 11.3. The van der Waals surface area contributed by atoms with Gasteiger partial charge in [0, 0.05) is 0 Å². The van der Waals surface area contributed by atoms with E-state index in [2.05, 4.69) is 15.3 Å². The van der Waals surface area contributed by atoms with Crippen molar-refractivity contribution in [3.05, 3.63) is 54.4 Å². The first kappa shape index (κ1) is 20.3. The summed E-state index contributed by atoms with van der Waals surface area (Å²) in [5.41, 5.74) is 2.41. The molecule has 7 nitrogen and oxygen atoms in total. The highest BCUT2D eigenvalue weighted by atomic mass is 32.2. The van der Waals surface area contributed by atoms with Gasteiger partial charge in [0.2, 0.25) is 5.91 Å². The molecule has 2 atom stereocenters. The number of hydrogen-bond acceptors (Lipinski definition) is 5. The van der Waals surface area contributed by atoms with Gasteiger partial charge < -0.3 is 15.0 Å². The number of carbonyl (C=O) groups excluding carboxylic acids is 2. The number of para-hydroxylation sites is 4. The molecule has 0 saturated heterocycles. The number of thioether (sulfide) groups is 1. The Morgan fingerprint density at radius 2 is 2.03 bits per heavy atom. The van der Waals surface area contributed by atoms with Gasteiger partial charge in [-0.05, 0) is 49.6 Å². The summed E-state index contributed by atoms with van der Waals surface area (Å²) < 4.78 is 5.65. The minimum absolute atomic E-state index is 0.0699. The minimum Gasteiger partial charge on any atom is -0.479 e. The molecule has 0 bridgehead atoms. The lowest BCUT2D eigenvalue weighted by Gasteiger charge is -2.32. The van der Waals surface area contributed by atoms with Crippen molar-refractivity contribution in [2.45, 2.75) is 25.5 Å². The van der Waals surface area contributed by atoms with Gasteiger partial charge in [-0.3, -0.25) is 14.5 Å². The molecule has 0 aliphatic carbocycles. The molecule has 4 rings (SSSR count). The van der Waals surface area contributed by atoms with Gasteiger partial charge in [0.25, 0.3) is 5.91 Å². The zero-order valence-electron chi connectivity index (χ0n) is 16.9. The molecule has 1 aliphatic rings. The van der Waals surface area contributed by atoms with Crippen molar-refractivity contribution < 1.29 is 14.3 Å². The first-order valence-electron chi connectivity index (χ1n) is 9.87. The second-order valence-corrected chi connectivity index (χ2v) is 8.18. The molecule has 2 N–H and O–H groups in total. The molecular formula is C22H24N4O3S. The fourth-order valence-corrected chi connectivity index (χ4v) is 4.03. The Labute approximate surface area is 179 Å². The van der Waals surface area contributed by atoms with Gasteiger partial charge in [0.15, 0.2) is 6.10 Å². The number of carbonyl (C=O) groups is 2. The SMILES string of the molecule is CSCC[C@H](NC(=O)CN1C(=O)[C@H](C)Oc2ccccc21)c1nc2ccccc2[nH]1. The second kappa shape index (κ2) is 8.79. The molecule has 0 fully saturated rings. The van der Waals surface area contributed by atoms with Crippen molar-refractivity contribution in [3.8, 4) is 5.75 Å². The van der Waals surface area contributed by atoms with E-state index in [1.807, 2.05) is 42.7 Å². The van der Waals surface area contributed by atoms with Crippen LogP contribution in [0.25, 0.3) is 11.0 Å². The van der Waals surface area contributed by atoms with Crippen LogP contribution in [0.1, 0.15) is 25.2 Å². The molecule has 2 aromatic carbocycles. The van der Waals surface area contributed by atoms with E-state index >= 15 is 0 Å². The van der Waals surface area contributed by atoms with Gasteiger partial charge >= 0.3 is 0 Å². The van der Waals surface area contributed by atoms with Gasteiger partial charge in [-0.25, -0.2) is 4.98 Å². The summed E-state index contributed by atoms with van der Waals surface area (Å²) in [6.07, 6.45) is 2.13. The highest BCUT2D eigenvalue weighted by molar-refractivity contribution is 7.98. The van der Waals surface area contributed by atoms with Gasteiger partial charge in [-0.15, -0.1) is 0 Å². The van der Waals surface area contributed by atoms with E-state index in [1.54, 1.807) is 30.8 Å². The number of benzene rings is 2. The number of anilines is 1. The molecule has 0 unspecified atom stereocenters. The quantitative estimate of drug-likeness (QED) is 0.608. The molecule has 30 heavy (non-hydrogen) atoms. The van der Waals surface area contributed by atoms with Gasteiger partial charge in [0.1, 0.15) is 18.1 Å². The number of aromatic nitrogens is 2. The fourth-order valence-electron chi connectivity index (χ4n) is 3.56. The number of imidazole rings is 1. The largest absolute Gasteiger partial charge is 0.479 e. The lowest BCUT2D eigenvalue weighted by atomic mass is 10.1. The maximum atomic E-state index is 12.9. The summed E-state index contributed by atoms with van der Waals surface area (Å²) in [7, 11) is 0. The molecular weight excluding hydrogens is 400 g/mol. The number of nitrogens with one attached hydrogen (secondary N) is 2. The average Bonchev–Trinajstić information content (AvgIpc) is 3.18. The zero-order chi connectivity index (χ0) is 21.1. The summed E-state index contributed by atoms with van der Waals surface area (Å²) in [4.78, 5) is 35.1. The molecule has 2 heterocycles. The Bertz CT molecular complexity index is 1030. The van der Waals surface area contributed by atoms with Crippen LogP contribution in [0.2, 0.25) is 0 Å². The van der Waals surface area contributed by atoms with Crippen LogP contribution in [0.3, 0.4) is 0 Å². The number of ether oxygens (including phenoxy) is 1. The lowest BCUT2D eigenvalue weighted by Crippen LogP contribution is -2.49. The molecule has 0 spiro atoms. The number of H-pyrrole nitrogens is 1. The highest BCUT2D eigenvalue weighted by Crippen LogP contribution is 2.33. The lowest BCUT2D eigenvalue weighted by molar-refractivity contribution is -0.128. The molecule has 1 aromatic heterocycles. The number of fused-ring (bicyclic) bond motifs is 2. The molecule has 8 heteroatoms. The molecule has 2 amide bonds. The molecule has 0 saturated carbocycles. The van der Waals surface area contributed by atoms with Crippen LogP contribution in [0, 0.1) is 0 Å². The maximum absolute atomic E-state index is 12.9. The third-order valence-electron chi connectivity index (χ3n) is 5.06. The minimum atomic E-state index is -0.629. The second-order valence-electron chi connectivity index (χ2n) is 7.19. The van der Waals surface area contributed by atoms with Crippen LogP contribution in [-0.4, -0.2) is 46.4 Å². The van der Waals surface area contributed by atoms with E-state index in [-0.39, 0.29) is 24.4 Å². The molecule has 1 aliphatic heterocycles. The number of rotatable bonds is 7. The van der Waals surface area contributed by atoms with Crippen LogP contribution < -0.4 is 15.0 Å². The third-order valence-corrected chi connectivity index (χ3v) is 5.70. The summed E-state index contributed by atoms with van der Waals surface area (Å²) >= 11 is 1.71. The molecule has 156 valence electrons. The van der Waals surface area contributed by atoms with Crippen molar-refractivity contribution in [2.24, 2.45) is 0 Å². The number of aromatic amines is 1. The van der Waals surface area contributed by atoms with Crippen LogP contribution in [0.5, 0.6) is 5.75 Å². The van der Waals surface area contributed by atoms with E-state index < -0.39 is 6.10 Å². The highest BCUT2D eigenvalue weighted by Gasteiger charge is 2.33. The predicted octanol–water partition coefficient (Wildman–Crippen LogP) is 3.29. The van der Waals surface area contributed by atoms with Crippen LogP contribution in [0.4, 0.5) is 5.69 Å². The topological polar surface area (TPSA) is 87.3 Å². The summed E-state index contributed by atoms with van der Waals surface area (Å²) in [5.74, 6) is 1.74. The van der Waals surface area contributed by atoms with E-state index in [0.717, 1.165) is 29.0 Å². The summed E-state index contributed by atoms with van der Waals surface area (Å²) in [5, 5.41) is 3.06. The summed E-state index contributed by atoms with van der Waals surface area (Å²) in [6, 6.07) is 14.8. The van der Waals surface area contributed by atoms with Crippen LogP contribution >= 0.6 is 11.8 Å². The maximum Gasteiger partial charge on any atom is 0.268 e. The van der Waals surface area contributed by atoms with Crippen molar-refractivity contribution in [1.29, 1.82) is 0 Å². The molecule has 3 aromatic rings. The number of hydrogen-bond donors (Lipinski definition) is 2. The first-order chi connectivity index (χ1) is 14.6. The Balaban J connectivity index is 1.53. The van der Waals surface area contributed by atoms with E-state index in [0.29, 0.717) is 11.4 Å². The Hall–Kier alpha value is -3.00. The van der Waals surface area contributed by atoms with Gasteiger partial charge in [0.05, 0.1) is 22.8 Å². The zero-order valence-corrected chi connectivity index (χ0v) is 17.7. The van der Waals surface area contributed by atoms with Gasteiger partial charge in [-0.2, -0.15) is 11.8 Å². The van der Waals surface area contributed by atoms with Crippen molar-refractivity contribution in [2.75, 3.05) is 23.5 Å². The van der Waals surface area contributed by atoms with Crippen LogP contribution in [0.15, 0.2) is 48.5 Å². The third kappa shape index (κ3) is 4.14. The standard InChI is InChI=1S/C22H24N4O3S/c1-14-22(28)26(18-9-5-6-10-19(18)29-14)13-20(27)23-17(11-12-30-2)21-24-15-7-3-4-8-16(15)25-21/h3-10,14,17H,11-13H2,1-2H3,(H,23,27)(H,24,25)/t14-,17-/m0/s1. The molecule has 0 radical (unpaired) electrons. The van der Waals surface area contributed by atoms with Crippen LogP contribution in [-0.2, 0) is 9.59 Å². The van der Waals surface area contributed by atoms with Crippen molar-refractivity contribution >= 4 is 40.3 Å². The Morgan fingerprint density at radius 1 is 1.27 bits per heavy atom. The Morgan fingerprint density at radius 3 is 2.83 bits per heavy atom. The van der Waals surface area contributed by atoms with Crippen molar-refractivity contribution in [3.63, 3.8) is 0 Å². The van der Waals surface area contributed by atoms with Gasteiger partial charge in [-0.1, -0.05) is 24.3 Å². The Kier molecular flexibility index (Phi) is 5.94. The van der Waals surface area contributed by atoms with E-state index in [1.165, 1.54) is 4.90 Å². The monoisotopic (exact) mass is 424 g/mol. The normalized spacial score (nSPS) is 16.8. The van der Waals surface area contributed by atoms with E-state index in [4.69, 9.17) is 4.74 Å². The average molecular weight is 425 g/mol.